The molecule has 1 rings (SSSR count). The van der Waals surface area contributed by atoms with Crippen molar-refractivity contribution < 1.29 is 14.3 Å². The first-order valence-electron chi connectivity index (χ1n) is 4.94. The largest absolute Gasteiger partial charge is 0.484 e. The fraction of sp³-hybridized carbons (Fsp3) is 0.333. The lowest BCUT2D eigenvalue weighted by atomic mass is 10.1. The second-order valence-corrected chi connectivity index (χ2v) is 3.66. The van der Waals surface area contributed by atoms with E-state index in [-0.39, 0.29) is 18.3 Å². The van der Waals surface area contributed by atoms with Crippen LogP contribution in [0.4, 0.5) is 0 Å². The third-order valence-corrected chi connectivity index (χ3v) is 2.12. The summed E-state index contributed by atoms with van der Waals surface area (Å²) in [4.78, 5) is 23.7. The van der Waals surface area contributed by atoms with Gasteiger partial charge in [-0.15, -0.1) is 0 Å². The molecule has 0 heterocycles. The molecule has 16 heavy (non-hydrogen) atoms. The Hall–Kier alpha value is -1.84. The highest BCUT2D eigenvalue weighted by Gasteiger charge is 2.05. The lowest BCUT2D eigenvalue weighted by Crippen LogP contribution is -2.27. The molecule has 0 saturated heterocycles. The van der Waals surface area contributed by atoms with E-state index in [1.165, 1.54) is 11.8 Å². The molecule has 0 spiro atoms. The molecule has 0 aromatic heterocycles. The van der Waals surface area contributed by atoms with Gasteiger partial charge < -0.3 is 9.64 Å². The Labute approximate surface area is 94.8 Å². The summed E-state index contributed by atoms with van der Waals surface area (Å²) in [5.41, 5.74) is 0.631. The highest BCUT2D eigenvalue weighted by atomic mass is 16.5. The average Bonchev–Trinajstić information content (AvgIpc) is 2.26. The lowest BCUT2D eigenvalue weighted by Gasteiger charge is -2.11. The molecule has 0 atom stereocenters. The van der Waals surface area contributed by atoms with Crippen molar-refractivity contribution in [1.29, 1.82) is 0 Å². The molecule has 0 fully saturated rings. The van der Waals surface area contributed by atoms with Gasteiger partial charge in [0.05, 0.1) is 0 Å². The quantitative estimate of drug-likeness (QED) is 0.721. The number of carbonyl (C=O) groups is 2. The lowest BCUT2D eigenvalue weighted by molar-refractivity contribution is -0.130. The van der Waals surface area contributed by atoms with E-state index >= 15 is 0 Å². The highest BCUT2D eigenvalue weighted by molar-refractivity contribution is 5.94. The molecular formula is C12H15NO3. The molecular weight excluding hydrogens is 206 g/mol. The number of benzene rings is 1. The number of ketones is 1. The van der Waals surface area contributed by atoms with E-state index in [9.17, 15) is 9.59 Å². The van der Waals surface area contributed by atoms with Crippen LogP contribution >= 0.6 is 0 Å². The molecule has 0 N–H and O–H groups in total. The second-order valence-electron chi connectivity index (χ2n) is 3.66. The van der Waals surface area contributed by atoms with Crippen molar-refractivity contribution in [1.82, 2.24) is 4.90 Å². The van der Waals surface area contributed by atoms with Gasteiger partial charge in [0.25, 0.3) is 5.91 Å². The fourth-order valence-corrected chi connectivity index (χ4v) is 1.06. The molecule has 0 unspecified atom stereocenters. The number of hydrogen-bond donors (Lipinski definition) is 0. The number of rotatable bonds is 4. The Balaban J connectivity index is 2.56. The summed E-state index contributed by atoms with van der Waals surface area (Å²) in [5.74, 6) is 0.492. The molecule has 1 aromatic rings. The van der Waals surface area contributed by atoms with Gasteiger partial charge in [-0.05, 0) is 31.2 Å². The zero-order valence-electron chi connectivity index (χ0n) is 9.69. The van der Waals surface area contributed by atoms with E-state index in [0.717, 1.165) is 0 Å². The molecule has 1 aromatic carbocycles. The van der Waals surface area contributed by atoms with E-state index in [1.54, 1.807) is 38.4 Å². The Morgan fingerprint density at radius 3 is 2.19 bits per heavy atom. The first kappa shape index (κ1) is 12.2. The third-order valence-electron chi connectivity index (χ3n) is 2.12. The average molecular weight is 221 g/mol. The topological polar surface area (TPSA) is 46.6 Å². The van der Waals surface area contributed by atoms with Gasteiger partial charge in [-0.3, -0.25) is 9.59 Å². The van der Waals surface area contributed by atoms with E-state index in [4.69, 9.17) is 4.74 Å². The van der Waals surface area contributed by atoms with Gasteiger partial charge in [-0.2, -0.15) is 0 Å². The van der Waals surface area contributed by atoms with Crippen LogP contribution in [0.15, 0.2) is 24.3 Å². The highest BCUT2D eigenvalue weighted by Crippen LogP contribution is 2.12. The van der Waals surface area contributed by atoms with Crippen LogP contribution in [-0.4, -0.2) is 37.3 Å². The minimum atomic E-state index is -0.101. The normalized spacial score (nSPS) is 9.69. The zero-order chi connectivity index (χ0) is 12.1. The summed E-state index contributed by atoms with van der Waals surface area (Å²) in [6, 6.07) is 6.72. The smallest absolute Gasteiger partial charge is 0.259 e. The van der Waals surface area contributed by atoms with Crippen LogP contribution < -0.4 is 4.74 Å². The van der Waals surface area contributed by atoms with Crippen molar-refractivity contribution in [3.8, 4) is 5.75 Å². The van der Waals surface area contributed by atoms with Crippen molar-refractivity contribution in [2.24, 2.45) is 0 Å². The van der Waals surface area contributed by atoms with Crippen molar-refractivity contribution in [2.45, 2.75) is 6.92 Å². The maximum Gasteiger partial charge on any atom is 0.259 e. The minimum absolute atomic E-state index is 0.00637. The van der Waals surface area contributed by atoms with Crippen LogP contribution in [0.3, 0.4) is 0 Å². The zero-order valence-corrected chi connectivity index (χ0v) is 9.69. The van der Waals surface area contributed by atoms with E-state index in [0.29, 0.717) is 11.3 Å². The molecule has 4 heteroatoms. The number of ether oxygens (including phenoxy) is 1. The van der Waals surface area contributed by atoms with Crippen molar-refractivity contribution in [3.63, 3.8) is 0 Å². The summed E-state index contributed by atoms with van der Waals surface area (Å²) in [6.07, 6.45) is 0. The summed E-state index contributed by atoms with van der Waals surface area (Å²) >= 11 is 0. The monoisotopic (exact) mass is 221 g/mol. The van der Waals surface area contributed by atoms with E-state index < -0.39 is 0 Å². The summed E-state index contributed by atoms with van der Waals surface area (Å²) < 4.78 is 5.26. The number of hydrogen-bond acceptors (Lipinski definition) is 3. The molecule has 0 bridgehead atoms. The van der Waals surface area contributed by atoms with E-state index in [1.807, 2.05) is 0 Å². The molecule has 86 valence electrons. The van der Waals surface area contributed by atoms with Crippen LogP contribution in [0.1, 0.15) is 17.3 Å². The first-order valence-corrected chi connectivity index (χ1v) is 4.94. The van der Waals surface area contributed by atoms with Gasteiger partial charge in [0.1, 0.15) is 5.75 Å². The number of likely N-dealkylation sites (N-methyl/N-ethyl adjacent to an activating group) is 1. The predicted octanol–water partition coefficient (Wildman–Crippen LogP) is 1.36. The maximum atomic E-state index is 11.2. The van der Waals surface area contributed by atoms with Gasteiger partial charge in [0.2, 0.25) is 0 Å². The molecule has 1 amide bonds. The van der Waals surface area contributed by atoms with Gasteiger partial charge in [-0.25, -0.2) is 0 Å². The molecule has 0 radical (unpaired) electrons. The number of carbonyl (C=O) groups excluding carboxylic acids is 2. The van der Waals surface area contributed by atoms with Crippen LogP contribution in [0.5, 0.6) is 5.75 Å². The summed E-state index contributed by atoms with van der Waals surface area (Å²) in [7, 11) is 3.34. The fourth-order valence-electron chi connectivity index (χ4n) is 1.06. The third kappa shape index (κ3) is 3.38. The minimum Gasteiger partial charge on any atom is -0.484 e. The van der Waals surface area contributed by atoms with Gasteiger partial charge in [0, 0.05) is 19.7 Å². The Kier molecular flexibility index (Phi) is 4.05. The van der Waals surface area contributed by atoms with Gasteiger partial charge in [-0.1, -0.05) is 0 Å². The van der Waals surface area contributed by atoms with Gasteiger partial charge >= 0.3 is 0 Å². The SMILES string of the molecule is CC(=O)c1ccc(OCC(=O)N(C)C)cc1. The molecule has 0 saturated carbocycles. The standard InChI is InChI=1S/C12H15NO3/c1-9(14)10-4-6-11(7-5-10)16-8-12(15)13(2)3/h4-7H,8H2,1-3H3. The number of Topliss-reactive ketones (excluding diaryl/α,β-unsaturated/α-hetero) is 1. The molecule has 0 aliphatic carbocycles. The Bertz CT molecular complexity index is 382. The van der Waals surface area contributed by atoms with Crippen LogP contribution in [0.25, 0.3) is 0 Å². The van der Waals surface area contributed by atoms with Gasteiger partial charge in [0.15, 0.2) is 12.4 Å². The molecule has 4 nitrogen and oxygen atoms in total. The van der Waals surface area contributed by atoms with Crippen LogP contribution in [0.2, 0.25) is 0 Å². The summed E-state index contributed by atoms with van der Waals surface area (Å²) in [6.45, 7) is 1.51. The van der Waals surface area contributed by atoms with Crippen LogP contribution in [0, 0.1) is 0 Å². The summed E-state index contributed by atoms with van der Waals surface area (Å²) in [5, 5.41) is 0. The van der Waals surface area contributed by atoms with E-state index in [2.05, 4.69) is 0 Å². The number of amides is 1. The maximum absolute atomic E-state index is 11.2. The Morgan fingerprint density at radius 1 is 1.19 bits per heavy atom. The second kappa shape index (κ2) is 5.30. The molecule has 0 aliphatic heterocycles. The first-order chi connectivity index (χ1) is 7.50. The number of nitrogens with zero attached hydrogens (tertiary/aromatic N) is 1. The van der Waals surface area contributed by atoms with Crippen LogP contribution in [-0.2, 0) is 4.79 Å². The molecule has 0 aliphatic rings. The van der Waals surface area contributed by atoms with Crippen molar-refractivity contribution in [2.75, 3.05) is 20.7 Å². The van der Waals surface area contributed by atoms with Crippen molar-refractivity contribution in [3.05, 3.63) is 29.8 Å². The van der Waals surface area contributed by atoms with Crippen molar-refractivity contribution >= 4 is 11.7 Å². The predicted molar refractivity (Wildman–Crippen MR) is 60.6 cm³/mol. The Morgan fingerprint density at radius 2 is 1.75 bits per heavy atom.